The highest BCUT2D eigenvalue weighted by molar-refractivity contribution is 8.08. The maximum atomic E-state index is 11.7. The van der Waals surface area contributed by atoms with Crippen LogP contribution in [0.3, 0.4) is 0 Å². The molecular weight excluding hydrogens is 456 g/mol. The van der Waals surface area contributed by atoms with Gasteiger partial charge in [0.1, 0.15) is 18.3 Å². The third kappa shape index (κ3) is 4.85. The Balaban J connectivity index is 1.77. The summed E-state index contributed by atoms with van der Waals surface area (Å²) in [6.07, 6.45) is -5.35. The Bertz CT molecular complexity index is 920. The maximum Gasteiger partial charge on any atom is 0.479 e. The van der Waals surface area contributed by atoms with Crippen molar-refractivity contribution >= 4 is 38.1 Å². The third-order valence-electron chi connectivity index (χ3n) is 4.15. The fourth-order valence-electron chi connectivity index (χ4n) is 3.00. The van der Waals surface area contributed by atoms with Crippen molar-refractivity contribution < 1.29 is 52.7 Å². The van der Waals surface area contributed by atoms with Crippen molar-refractivity contribution in [3.05, 3.63) is 12.0 Å². The van der Waals surface area contributed by atoms with Crippen molar-refractivity contribution in [2.75, 3.05) is 11.9 Å². The molecule has 2 unspecified atom stereocenters. The van der Waals surface area contributed by atoms with E-state index in [2.05, 4.69) is 31.0 Å². The number of aromatic nitrogens is 2. The summed E-state index contributed by atoms with van der Waals surface area (Å²) in [6, 6.07) is 0. The molecule has 9 N–H and O–H groups in total. The zero-order valence-corrected chi connectivity index (χ0v) is 17.3. The number of phosphoric acid groups is 1. The molecule has 1 saturated heterocycles. The number of fused-ring (bicyclic) bond motifs is 1. The number of nitrogens with zero attached hydrogens (tertiary/aromatic N) is 3. The molecule has 3 heterocycles. The first-order valence-electron chi connectivity index (χ1n) is 7.93. The molecule has 15 nitrogen and oxygen atoms in total. The minimum atomic E-state index is -4.95. The summed E-state index contributed by atoms with van der Waals surface area (Å²) in [5, 5.41) is 33.4. The van der Waals surface area contributed by atoms with E-state index in [1.165, 1.54) is 15.5 Å². The second kappa shape index (κ2) is 7.92. The molecule has 1 aromatic rings. The molecule has 0 bridgehead atoms. The van der Waals surface area contributed by atoms with Crippen LogP contribution in [0.4, 0.5) is 5.82 Å². The Morgan fingerprint density at radius 1 is 1.38 bits per heavy atom. The number of imidazole rings is 1. The number of rotatable bonds is 6. The van der Waals surface area contributed by atoms with Crippen LogP contribution in [0.25, 0.3) is 0 Å². The minimum Gasteiger partial charge on any atom is -0.387 e. The molecule has 29 heavy (non-hydrogen) atoms. The number of guanidine groups is 1. The van der Waals surface area contributed by atoms with Gasteiger partial charge in [0.15, 0.2) is 6.33 Å². The first-order valence-corrected chi connectivity index (χ1v) is 12.1. The molecule has 0 aliphatic carbocycles. The molecule has 2 aliphatic heterocycles. The maximum absolute atomic E-state index is 11.7. The van der Waals surface area contributed by atoms with Crippen LogP contribution < -0.4 is 15.6 Å². The lowest BCUT2D eigenvalue weighted by Crippen LogP contribution is -2.48. The normalized spacial score (nSPS) is 31.7. The Morgan fingerprint density at radius 3 is 2.66 bits per heavy atom. The van der Waals surface area contributed by atoms with Gasteiger partial charge in [0, 0.05) is 0 Å². The van der Waals surface area contributed by atoms with Gasteiger partial charge in [-0.3, -0.25) is 9.09 Å². The number of aliphatic hydroxyl groups is 3. The van der Waals surface area contributed by atoms with Gasteiger partial charge in [0.2, 0.25) is 18.1 Å². The molecule has 3 rings (SSSR count). The number of nitrogens with one attached hydrogen (secondary N) is 1. The van der Waals surface area contributed by atoms with E-state index in [0.29, 0.717) is 5.69 Å². The average molecular weight is 476 g/mol. The number of aliphatic imine (C=N–C) groups is 1. The summed E-state index contributed by atoms with van der Waals surface area (Å²) >= 11 is 4.10. The summed E-state index contributed by atoms with van der Waals surface area (Å²) in [5.41, 5.74) is 5.93. The second-order valence-corrected chi connectivity index (χ2v) is 10.5. The van der Waals surface area contributed by atoms with E-state index in [4.69, 9.17) is 20.3 Å². The SMILES string of the molecule is Cn1c[n+]([C@@H]2O[C@H](COP(=O)(O)OP(O)(O)=S)[C@@H](O)[C@H]2O)c2c1C(O)N=C(N)N2. The van der Waals surface area contributed by atoms with Crippen LogP contribution in [0, 0.1) is 0 Å². The molecule has 18 heteroatoms. The lowest BCUT2D eigenvalue weighted by molar-refractivity contribution is -0.753. The fourth-order valence-corrected chi connectivity index (χ4v) is 5.36. The molecule has 164 valence electrons. The van der Waals surface area contributed by atoms with E-state index in [1.54, 1.807) is 7.05 Å². The van der Waals surface area contributed by atoms with Gasteiger partial charge in [-0.15, -0.1) is 0 Å². The van der Waals surface area contributed by atoms with Gasteiger partial charge >= 0.3 is 14.5 Å². The van der Waals surface area contributed by atoms with Crippen molar-refractivity contribution in [3.8, 4) is 0 Å². The van der Waals surface area contributed by atoms with E-state index in [0.717, 1.165) is 0 Å². The van der Waals surface area contributed by atoms with Crippen molar-refractivity contribution in [1.29, 1.82) is 0 Å². The van der Waals surface area contributed by atoms with E-state index < -0.39 is 51.9 Å². The van der Waals surface area contributed by atoms with Crippen molar-refractivity contribution in [2.45, 2.75) is 30.8 Å². The van der Waals surface area contributed by atoms with Gasteiger partial charge < -0.3 is 40.5 Å². The Kier molecular flexibility index (Phi) is 6.20. The molecule has 0 radical (unpaired) electrons. The van der Waals surface area contributed by atoms with Crippen molar-refractivity contribution in [1.82, 2.24) is 4.57 Å². The van der Waals surface area contributed by atoms with E-state index in [-0.39, 0.29) is 11.8 Å². The highest BCUT2D eigenvalue weighted by atomic mass is 32.5. The van der Waals surface area contributed by atoms with Crippen LogP contribution in [0.1, 0.15) is 18.1 Å². The minimum absolute atomic E-state index is 0.0834. The number of aliphatic hydroxyl groups excluding tert-OH is 3. The quantitative estimate of drug-likeness (QED) is 0.152. The van der Waals surface area contributed by atoms with Crippen LogP contribution in [-0.4, -0.2) is 65.4 Å². The Morgan fingerprint density at radius 2 is 2.03 bits per heavy atom. The number of aryl methyl sites for hydroxylation is 1. The van der Waals surface area contributed by atoms with Gasteiger partial charge in [-0.2, -0.15) is 4.99 Å². The molecule has 0 amide bonds. The standard InChI is InChI=1S/C11H19N5O10P2S/c1-15-3-16(8-5(15)9(19)14-11(12)13-8)10-7(18)6(17)4(25-10)2-24-27(20,21)26-28(22,23)29/h3-4,6-7,9-10,17-19H,2H2,1H3,(H5-,12,13,14,20,21,22,23,29)/p+1/t4-,6-,7-,9?,10-/m1/s1. The Hall–Kier alpha value is -1.00. The lowest BCUT2D eigenvalue weighted by atomic mass is 10.1. The zero-order valence-electron chi connectivity index (χ0n) is 14.7. The van der Waals surface area contributed by atoms with Gasteiger partial charge in [-0.05, 0) is 11.8 Å². The summed E-state index contributed by atoms with van der Waals surface area (Å²) in [6.45, 7) is -5.22. The number of ether oxygens (including phenoxy) is 1. The molecule has 6 atom stereocenters. The molecule has 1 aromatic heterocycles. The lowest BCUT2D eigenvalue weighted by Gasteiger charge is -2.18. The number of anilines is 1. The van der Waals surface area contributed by atoms with Crippen molar-refractivity contribution in [3.63, 3.8) is 0 Å². The van der Waals surface area contributed by atoms with Gasteiger partial charge in [-0.1, -0.05) is 0 Å². The molecule has 1 fully saturated rings. The van der Waals surface area contributed by atoms with Crippen molar-refractivity contribution in [2.24, 2.45) is 17.8 Å². The third-order valence-corrected chi connectivity index (χ3v) is 6.91. The summed E-state index contributed by atoms with van der Waals surface area (Å²) < 4.78 is 28.6. The van der Waals surface area contributed by atoms with Crippen LogP contribution in [0.15, 0.2) is 11.3 Å². The number of nitrogens with two attached hydrogens (primary N) is 1. The number of hydrogen-bond donors (Lipinski definition) is 8. The van der Waals surface area contributed by atoms with Crippen LogP contribution in [-0.2, 0) is 37.0 Å². The number of phosphoric ester groups is 1. The van der Waals surface area contributed by atoms with Gasteiger partial charge in [0.05, 0.1) is 13.7 Å². The average Bonchev–Trinajstić information content (AvgIpc) is 3.01. The molecule has 0 aromatic carbocycles. The monoisotopic (exact) mass is 476 g/mol. The van der Waals surface area contributed by atoms with Gasteiger partial charge in [0.25, 0.3) is 11.8 Å². The second-order valence-electron chi connectivity index (χ2n) is 6.26. The first-order chi connectivity index (χ1) is 13.3. The smallest absolute Gasteiger partial charge is 0.387 e. The highest BCUT2D eigenvalue weighted by Crippen LogP contribution is 2.57. The summed E-state index contributed by atoms with van der Waals surface area (Å²) in [5.74, 6) is 0.169. The number of hydrogen-bond acceptors (Lipinski definition) is 11. The summed E-state index contributed by atoms with van der Waals surface area (Å²) in [4.78, 5) is 31.1. The van der Waals surface area contributed by atoms with Gasteiger partial charge in [-0.25, -0.2) is 18.8 Å². The summed E-state index contributed by atoms with van der Waals surface area (Å²) in [7, 11) is -3.35. The van der Waals surface area contributed by atoms with E-state index in [9.17, 15) is 24.8 Å². The predicted molar refractivity (Wildman–Crippen MR) is 97.3 cm³/mol. The molecule has 0 spiro atoms. The molecule has 0 saturated carbocycles. The fraction of sp³-hybridized carbons (Fsp3) is 0.636. The van der Waals surface area contributed by atoms with Crippen LogP contribution in [0.2, 0.25) is 0 Å². The predicted octanol–water partition coefficient (Wildman–Crippen LogP) is -2.99. The highest BCUT2D eigenvalue weighted by Gasteiger charge is 2.49. The van der Waals surface area contributed by atoms with E-state index >= 15 is 0 Å². The molecular formula is C11H20N5O10P2S+. The first kappa shape index (κ1) is 22.7. The zero-order chi connectivity index (χ0) is 21.7. The largest absolute Gasteiger partial charge is 0.479 e. The van der Waals surface area contributed by atoms with Crippen LogP contribution in [0.5, 0.6) is 0 Å². The topological polar surface area (TPSA) is 225 Å². The molecule has 2 aliphatic rings. The Labute approximate surface area is 168 Å². The van der Waals surface area contributed by atoms with Crippen LogP contribution >= 0.6 is 14.5 Å². The van der Waals surface area contributed by atoms with E-state index in [1.807, 2.05) is 0 Å².